The monoisotopic (exact) mass is 206 g/mol. The summed E-state index contributed by atoms with van der Waals surface area (Å²) in [5.74, 6) is 0.273. The first-order chi connectivity index (χ1) is 7.13. The maximum Gasteiger partial charge on any atom is 0.134 e. The van der Waals surface area contributed by atoms with Gasteiger partial charge in [0.25, 0.3) is 0 Å². The fourth-order valence-electron chi connectivity index (χ4n) is 1.56. The molecule has 15 heavy (non-hydrogen) atoms. The lowest BCUT2D eigenvalue weighted by Crippen LogP contribution is -1.86. The molecule has 0 heterocycles. The number of rotatable bonds is 1. The number of phenolic OH excluding ortho intramolecular Hbond substituents is 3. The summed E-state index contributed by atoms with van der Waals surface area (Å²) < 4.78 is 5.01. The molecule has 0 aliphatic carbocycles. The van der Waals surface area contributed by atoms with E-state index in [2.05, 4.69) is 0 Å². The van der Waals surface area contributed by atoms with Crippen LogP contribution in [0.5, 0.6) is 23.0 Å². The largest absolute Gasteiger partial charge is 0.508 e. The number of methoxy groups -OCH3 is 1. The Kier molecular flexibility index (Phi) is 2.04. The average molecular weight is 206 g/mol. The van der Waals surface area contributed by atoms with Crippen LogP contribution < -0.4 is 4.74 Å². The second kappa shape index (κ2) is 3.24. The number of benzene rings is 2. The van der Waals surface area contributed by atoms with Gasteiger partial charge in [-0.2, -0.15) is 0 Å². The van der Waals surface area contributed by atoms with E-state index in [1.54, 1.807) is 0 Å². The molecule has 0 atom stereocenters. The molecule has 2 rings (SSSR count). The lowest BCUT2D eigenvalue weighted by molar-refractivity contribution is 0.408. The Hall–Kier alpha value is -2.10. The summed E-state index contributed by atoms with van der Waals surface area (Å²) in [6, 6.07) is 5.47. The van der Waals surface area contributed by atoms with E-state index < -0.39 is 0 Å². The molecule has 4 heteroatoms. The first-order valence-corrected chi connectivity index (χ1v) is 4.35. The third kappa shape index (κ3) is 1.40. The second-order valence-corrected chi connectivity index (χ2v) is 3.17. The van der Waals surface area contributed by atoms with Crippen molar-refractivity contribution in [1.29, 1.82) is 0 Å². The molecule has 0 aromatic heterocycles. The Balaban J connectivity index is 2.95. The van der Waals surface area contributed by atoms with Crippen molar-refractivity contribution in [2.24, 2.45) is 0 Å². The van der Waals surface area contributed by atoms with Crippen molar-refractivity contribution in [3.63, 3.8) is 0 Å². The highest BCUT2D eigenvalue weighted by molar-refractivity contribution is 5.98. The van der Waals surface area contributed by atoms with Gasteiger partial charge in [-0.15, -0.1) is 0 Å². The predicted molar refractivity (Wildman–Crippen MR) is 55.5 cm³/mol. The van der Waals surface area contributed by atoms with Crippen LogP contribution >= 0.6 is 0 Å². The van der Waals surface area contributed by atoms with Crippen LogP contribution in [-0.2, 0) is 0 Å². The third-order valence-electron chi connectivity index (χ3n) is 2.24. The van der Waals surface area contributed by atoms with Crippen LogP contribution in [0.2, 0.25) is 0 Å². The minimum absolute atomic E-state index is 0.000324. The average Bonchev–Trinajstić information content (AvgIpc) is 2.22. The fourth-order valence-corrected chi connectivity index (χ4v) is 1.56. The first-order valence-electron chi connectivity index (χ1n) is 4.35. The summed E-state index contributed by atoms with van der Waals surface area (Å²) in [4.78, 5) is 0. The normalized spacial score (nSPS) is 10.5. The minimum Gasteiger partial charge on any atom is -0.508 e. The van der Waals surface area contributed by atoms with Crippen molar-refractivity contribution >= 4 is 10.8 Å². The molecule has 0 radical (unpaired) electrons. The van der Waals surface area contributed by atoms with Crippen molar-refractivity contribution in [2.75, 3.05) is 7.11 Å². The van der Waals surface area contributed by atoms with Crippen LogP contribution in [0.3, 0.4) is 0 Å². The zero-order valence-corrected chi connectivity index (χ0v) is 8.06. The van der Waals surface area contributed by atoms with Gasteiger partial charge in [-0.1, -0.05) is 0 Å². The number of aromatic hydroxyl groups is 3. The van der Waals surface area contributed by atoms with Gasteiger partial charge in [0.2, 0.25) is 0 Å². The summed E-state index contributed by atoms with van der Waals surface area (Å²) in [5, 5.41) is 29.3. The molecule has 0 unspecified atom stereocenters. The summed E-state index contributed by atoms with van der Waals surface area (Å²) in [6.07, 6.45) is 0. The smallest absolute Gasteiger partial charge is 0.134 e. The zero-order valence-electron chi connectivity index (χ0n) is 8.06. The van der Waals surface area contributed by atoms with Gasteiger partial charge < -0.3 is 20.1 Å². The van der Waals surface area contributed by atoms with Gasteiger partial charge in [0.1, 0.15) is 23.0 Å². The van der Waals surface area contributed by atoms with E-state index in [0.29, 0.717) is 16.5 Å². The van der Waals surface area contributed by atoms with Crippen molar-refractivity contribution in [2.45, 2.75) is 0 Å². The number of hydrogen-bond donors (Lipinski definition) is 3. The van der Waals surface area contributed by atoms with Crippen LogP contribution in [0.1, 0.15) is 0 Å². The van der Waals surface area contributed by atoms with Crippen LogP contribution in [0.25, 0.3) is 10.8 Å². The lowest BCUT2D eigenvalue weighted by atomic mass is 10.1. The van der Waals surface area contributed by atoms with Crippen LogP contribution in [0.4, 0.5) is 0 Å². The molecule has 0 fully saturated rings. The van der Waals surface area contributed by atoms with Gasteiger partial charge in [-0.3, -0.25) is 0 Å². The maximum atomic E-state index is 9.63. The van der Waals surface area contributed by atoms with E-state index in [-0.39, 0.29) is 17.2 Å². The molecular weight excluding hydrogens is 196 g/mol. The Morgan fingerprint density at radius 3 is 2.33 bits per heavy atom. The third-order valence-corrected chi connectivity index (χ3v) is 2.24. The Morgan fingerprint density at radius 2 is 1.67 bits per heavy atom. The molecule has 0 amide bonds. The molecule has 0 saturated carbocycles. The minimum atomic E-state index is -0.0275. The summed E-state index contributed by atoms with van der Waals surface area (Å²) in [7, 11) is 1.43. The quantitative estimate of drug-likeness (QED) is 0.624. The van der Waals surface area contributed by atoms with Crippen molar-refractivity contribution in [3.05, 3.63) is 24.3 Å². The van der Waals surface area contributed by atoms with E-state index in [9.17, 15) is 15.3 Å². The standard InChI is InChI=1S/C11H10O4/c1-15-10-5-6(12)4-7-8(13)2-3-9(14)11(7)10/h2-5,12-14H,1H3. The zero-order chi connectivity index (χ0) is 11.0. The summed E-state index contributed by atoms with van der Waals surface area (Å²) in [6.45, 7) is 0. The molecule has 3 N–H and O–H groups in total. The Bertz CT molecular complexity index is 519. The van der Waals surface area contributed by atoms with Crippen molar-refractivity contribution in [3.8, 4) is 23.0 Å². The van der Waals surface area contributed by atoms with Gasteiger partial charge in [-0.05, 0) is 18.2 Å². The lowest BCUT2D eigenvalue weighted by Gasteiger charge is -2.09. The highest BCUT2D eigenvalue weighted by atomic mass is 16.5. The number of phenols is 3. The van der Waals surface area contributed by atoms with Crippen molar-refractivity contribution < 1.29 is 20.1 Å². The van der Waals surface area contributed by atoms with Gasteiger partial charge in [0.15, 0.2) is 0 Å². The van der Waals surface area contributed by atoms with E-state index in [0.717, 1.165) is 0 Å². The van der Waals surface area contributed by atoms with E-state index >= 15 is 0 Å². The van der Waals surface area contributed by atoms with Gasteiger partial charge in [0.05, 0.1) is 12.5 Å². The molecule has 0 bridgehead atoms. The first kappa shape index (κ1) is 9.45. The number of hydrogen-bond acceptors (Lipinski definition) is 4. The Labute approximate surface area is 86.0 Å². The van der Waals surface area contributed by atoms with Crippen molar-refractivity contribution in [1.82, 2.24) is 0 Å². The van der Waals surface area contributed by atoms with Gasteiger partial charge in [-0.25, -0.2) is 0 Å². The second-order valence-electron chi connectivity index (χ2n) is 3.17. The molecule has 2 aromatic rings. The van der Waals surface area contributed by atoms with Gasteiger partial charge >= 0.3 is 0 Å². The summed E-state index contributed by atoms with van der Waals surface area (Å²) in [5.41, 5.74) is 0. The molecule has 4 nitrogen and oxygen atoms in total. The van der Waals surface area contributed by atoms with E-state index in [1.165, 1.54) is 31.4 Å². The maximum absolute atomic E-state index is 9.63. The van der Waals surface area contributed by atoms with Crippen LogP contribution in [0.15, 0.2) is 24.3 Å². The molecule has 0 aliphatic rings. The van der Waals surface area contributed by atoms with Crippen LogP contribution in [-0.4, -0.2) is 22.4 Å². The molecule has 2 aromatic carbocycles. The molecule has 0 saturated heterocycles. The molecular formula is C11H10O4. The highest BCUT2D eigenvalue weighted by Crippen LogP contribution is 2.40. The summed E-state index contributed by atoms with van der Waals surface area (Å²) >= 11 is 0. The van der Waals surface area contributed by atoms with Crippen LogP contribution in [0, 0.1) is 0 Å². The molecule has 0 spiro atoms. The predicted octanol–water partition coefficient (Wildman–Crippen LogP) is 1.97. The highest BCUT2D eigenvalue weighted by Gasteiger charge is 2.11. The van der Waals surface area contributed by atoms with E-state index in [4.69, 9.17) is 4.74 Å². The SMILES string of the molecule is COc1cc(O)cc2c(O)ccc(O)c12. The van der Waals surface area contributed by atoms with E-state index in [1.807, 2.05) is 0 Å². The fraction of sp³-hybridized carbons (Fsp3) is 0.0909. The molecule has 78 valence electrons. The molecule has 0 aliphatic heterocycles. The number of fused-ring (bicyclic) bond motifs is 1. The van der Waals surface area contributed by atoms with Gasteiger partial charge in [0, 0.05) is 11.5 Å². The Morgan fingerprint density at radius 1 is 1.00 bits per heavy atom. The topological polar surface area (TPSA) is 69.9 Å². The number of ether oxygens (including phenoxy) is 1.